The van der Waals surface area contributed by atoms with Gasteiger partial charge in [-0.25, -0.2) is 8.42 Å². The molecule has 0 N–H and O–H groups in total. The molecule has 0 heterocycles. The lowest BCUT2D eigenvalue weighted by molar-refractivity contribution is 0.597. The van der Waals surface area contributed by atoms with Gasteiger partial charge in [-0.3, -0.25) is 0 Å². The van der Waals surface area contributed by atoms with E-state index in [2.05, 4.69) is 0 Å². The van der Waals surface area contributed by atoms with Crippen LogP contribution in [0.4, 0.5) is 0 Å². The fourth-order valence-corrected chi connectivity index (χ4v) is 3.18. The van der Waals surface area contributed by atoms with E-state index >= 15 is 0 Å². The second-order valence-corrected chi connectivity index (χ2v) is 7.09. The number of rotatable bonds is 6. The van der Waals surface area contributed by atoms with Gasteiger partial charge in [-0.2, -0.15) is 0 Å². The van der Waals surface area contributed by atoms with E-state index in [4.69, 9.17) is 11.6 Å². The van der Waals surface area contributed by atoms with E-state index in [0.717, 1.165) is 17.1 Å². The molecule has 0 radical (unpaired) electrons. The van der Waals surface area contributed by atoms with Crippen LogP contribution in [0.3, 0.4) is 0 Å². The normalized spacial score (nSPS) is 11.6. The van der Waals surface area contributed by atoms with Gasteiger partial charge < -0.3 is 0 Å². The van der Waals surface area contributed by atoms with Crippen molar-refractivity contribution >= 4 is 33.2 Å². The van der Waals surface area contributed by atoms with E-state index in [1.165, 1.54) is 0 Å². The second kappa shape index (κ2) is 6.52. The van der Waals surface area contributed by atoms with E-state index in [9.17, 15) is 8.42 Å². The molecule has 0 saturated heterocycles. The molecule has 0 saturated carbocycles. The molecule has 5 heteroatoms. The van der Waals surface area contributed by atoms with E-state index in [-0.39, 0.29) is 5.75 Å². The van der Waals surface area contributed by atoms with Crippen molar-refractivity contribution in [1.82, 2.24) is 0 Å². The first-order valence-electron chi connectivity index (χ1n) is 5.11. The predicted octanol–water partition coefficient (Wildman–Crippen LogP) is 3.20. The van der Waals surface area contributed by atoms with Crippen LogP contribution in [-0.2, 0) is 9.84 Å². The van der Waals surface area contributed by atoms with Crippen molar-refractivity contribution in [2.24, 2.45) is 0 Å². The van der Waals surface area contributed by atoms with Crippen LogP contribution in [-0.4, -0.2) is 25.8 Å². The van der Waals surface area contributed by atoms with Crippen LogP contribution in [0.25, 0.3) is 0 Å². The Bertz CT molecular complexity index is 412. The summed E-state index contributed by atoms with van der Waals surface area (Å²) in [7, 11) is -3.07. The minimum absolute atomic E-state index is 0.145. The van der Waals surface area contributed by atoms with Gasteiger partial charge in [0, 0.05) is 10.8 Å². The first kappa shape index (κ1) is 13.9. The van der Waals surface area contributed by atoms with Crippen molar-refractivity contribution in [1.29, 1.82) is 0 Å². The van der Waals surface area contributed by atoms with Gasteiger partial charge >= 0.3 is 0 Å². The van der Waals surface area contributed by atoms with Gasteiger partial charge in [-0.1, -0.05) is 6.92 Å². The monoisotopic (exact) mass is 278 g/mol. The smallest absolute Gasteiger partial charge is 0.178 e. The van der Waals surface area contributed by atoms with Crippen LogP contribution in [0.2, 0.25) is 0 Å². The summed E-state index contributed by atoms with van der Waals surface area (Å²) in [5.41, 5.74) is 0. The lowest BCUT2D eigenvalue weighted by atomic mass is 10.4. The lowest BCUT2D eigenvalue weighted by Crippen LogP contribution is -2.02. The van der Waals surface area contributed by atoms with E-state index in [0.29, 0.717) is 10.8 Å². The predicted molar refractivity (Wildman–Crippen MR) is 70.2 cm³/mol. The number of hydrogen-bond acceptors (Lipinski definition) is 3. The topological polar surface area (TPSA) is 34.1 Å². The molecular formula is C11H15ClO2S2. The van der Waals surface area contributed by atoms with Gasteiger partial charge in [-0.15, -0.1) is 23.4 Å². The van der Waals surface area contributed by atoms with Crippen molar-refractivity contribution in [2.45, 2.75) is 23.1 Å². The van der Waals surface area contributed by atoms with Crippen LogP contribution in [0, 0.1) is 0 Å². The third-order valence-electron chi connectivity index (χ3n) is 2.11. The summed E-state index contributed by atoms with van der Waals surface area (Å²) < 4.78 is 23.1. The van der Waals surface area contributed by atoms with Gasteiger partial charge in [0.05, 0.1) is 10.6 Å². The maximum Gasteiger partial charge on any atom is 0.178 e. The molecule has 0 amide bonds. The van der Waals surface area contributed by atoms with Crippen molar-refractivity contribution in [2.75, 3.05) is 17.4 Å². The molecule has 0 atom stereocenters. The van der Waals surface area contributed by atoms with E-state index in [1.807, 2.05) is 12.1 Å². The maximum atomic E-state index is 11.5. The van der Waals surface area contributed by atoms with Crippen LogP contribution < -0.4 is 0 Å². The highest BCUT2D eigenvalue weighted by Gasteiger charge is 2.10. The summed E-state index contributed by atoms with van der Waals surface area (Å²) in [5, 5.41) is 0. The number of hydrogen-bond donors (Lipinski definition) is 0. The zero-order valence-electron chi connectivity index (χ0n) is 9.15. The van der Waals surface area contributed by atoms with E-state index < -0.39 is 9.84 Å². The van der Waals surface area contributed by atoms with Crippen molar-refractivity contribution < 1.29 is 8.42 Å². The quantitative estimate of drug-likeness (QED) is 0.455. The summed E-state index contributed by atoms with van der Waals surface area (Å²) >= 11 is 7.27. The first-order chi connectivity index (χ1) is 7.60. The fraction of sp³-hybridized carbons (Fsp3) is 0.455. The van der Waals surface area contributed by atoms with Gasteiger partial charge in [0.2, 0.25) is 0 Å². The third-order valence-corrected chi connectivity index (χ3v) is 5.23. The Balaban J connectivity index is 2.68. The van der Waals surface area contributed by atoms with Crippen LogP contribution in [0.5, 0.6) is 0 Å². The van der Waals surface area contributed by atoms with Crippen LogP contribution in [0.15, 0.2) is 34.1 Å². The fourth-order valence-electron chi connectivity index (χ4n) is 1.15. The zero-order chi connectivity index (χ0) is 12.0. The molecular weight excluding hydrogens is 264 g/mol. The van der Waals surface area contributed by atoms with E-state index in [1.54, 1.807) is 30.8 Å². The SMILES string of the molecule is CCS(=O)(=O)c1ccc(SCCCCl)cc1. The number of sulfone groups is 1. The highest BCUT2D eigenvalue weighted by molar-refractivity contribution is 7.99. The molecule has 0 aliphatic carbocycles. The van der Waals surface area contributed by atoms with Crippen molar-refractivity contribution in [3.05, 3.63) is 24.3 Å². The molecule has 0 spiro atoms. The standard InChI is InChI=1S/C11H15ClO2S2/c1-2-16(13,14)11-6-4-10(5-7-11)15-9-3-8-12/h4-7H,2-3,8-9H2,1H3. The number of alkyl halides is 1. The number of halogens is 1. The molecule has 16 heavy (non-hydrogen) atoms. The summed E-state index contributed by atoms with van der Waals surface area (Å²) in [4.78, 5) is 1.48. The minimum atomic E-state index is -3.07. The average molecular weight is 279 g/mol. The molecule has 0 bridgehead atoms. The largest absolute Gasteiger partial charge is 0.224 e. The summed E-state index contributed by atoms with van der Waals surface area (Å²) in [6.45, 7) is 1.65. The first-order valence-corrected chi connectivity index (χ1v) is 8.29. The van der Waals surface area contributed by atoms with Crippen molar-refractivity contribution in [3.63, 3.8) is 0 Å². The third kappa shape index (κ3) is 4.00. The van der Waals surface area contributed by atoms with Gasteiger partial charge in [-0.05, 0) is 36.4 Å². The number of thioether (sulfide) groups is 1. The summed E-state index contributed by atoms with van der Waals surface area (Å²) in [6, 6.07) is 7.03. The Morgan fingerprint density at radius 2 is 1.88 bits per heavy atom. The van der Waals surface area contributed by atoms with Crippen LogP contribution in [0.1, 0.15) is 13.3 Å². The molecule has 1 aromatic rings. The Hall–Kier alpha value is -0.190. The Morgan fingerprint density at radius 3 is 2.38 bits per heavy atom. The lowest BCUT2D eigenvalue weighted by Gasteiger charge is -2.03. The molecule has 0 fully saturated rings. The Morgan fingerprint density at radius 1 is 1.25 bits per heavy atom. The van der Waals surface area contributed by atoms with Gasteiger partial charge in [0.25, 0.3) is 0 Å². The molecule has 2 nitrogen and oxygen atoms in total. The highest BCUT2D eigenvalue weighted by Crippen LogP contribution is 2.21. The number of benzene rings is 1. The summed E-state index contributed by atoms with van der Waals surface area (Å²) in [6.07, 6.45) is 0.960. The average Bonchev–Trinajstić information content (AvgIpc) is 2.30. The second-order valence-electron chi connectivity index (χ2n) is 3.27. The van der Waals surface area contributed by atoms with Gasteiger partial charge in [0.15, 0.2) is 9.84 Å². The minimum Gasteiger partial charge on any atom is -0.224 e. The zero-order valence-corrected chi connectivity index (χ0v) is 11.5. The summed E-state index contributed by atoms with van der Waals surface area (Å²) in [5.74, 6) is 1.77. The van der Waals surface area contributed by atoms with Gasteiger partial charge in [0.1, 0.15) is 0 Å². The molecule has 90 valence electrons. The molecule has 0 unspecified atom stereocenters. The Kier molecular flexibility index (Phi) is 5.66. The van der Waals surface area contributed by atoms with Crippen LogP contribution >= 0.6 is 23.4 Å². The Labute approximate surface area is 106 Å². The maximum absolute atomic E-state index is 11.5. The highest BCUT2D eigenvalue weighted by atomic mass is 35.5. The van der Waals surface area contributed by atoms with Crippen molar-refractivity contribution in [3.8, 4) is 0 Å². The molecule has 0 aliphatic rings. The molecule has 1 aromatic carbocycles. The molecule has 1 rings (SSSR count). The molecule has 0 aliphatic heterocycles. The molecule has 0 aromatic heterocycles.